The van der Waals surface area contributed by atoms with Gasteiger partial charge in [0.2, 0.25) is 5.78 Å². The van der Waals surface area contributed by atoms with E-state index in [1.165, 1.54) is 15.3 Å². The first kappa shape index (κ1) is 17.2. The zero-order valence-corrected chi connectivity index (χ0v) is 14.6. The summed E-state index contributed by atoms with van der Waals surface area (Å²) in [6.07, 6.45) is -1.41. The van der Waals surface area contributed by atoms with E-state index in [2.05, 4.69) is 15.0 Å². The number of rotatable bonds is 2. The van der Waals surface area contributed by atoms with E-state index in [-0.39, 0.29) is 22.1 Å². The molecule has 4 atom stereocenters. The number of aromatic amines is 1. The Morgan fingerprint density at radius 2 is 2.04 bits per heavy atom. The second kappa shape index (κ2) is 5.61. The Morgan fingerprint density at radius 1 is 1.31 bits per heavy atom. The van der Waals surface area contributed by atoms with E-state index in [1.807, 2.05) is 20.8 Å². The number of aromatic nitrogens is 5. The highest BCUT2D eigenvalue weighted by Gasteiger charge is 2.44. The van der Waals surface area contributed by atoms with Gasteiger partial charge in [0.05, 0.1) is 12.9 Å². The van der Waals surface area contributed by atoms with Gasteiger partial charge in [0.15, 0.2) is 17.4 Å². The van der Waals surface area contributed by atoms with E-state index in [0.717, 1.165) is 5.69 Å². The quantitative estimate of drug-likeness (QED) is 0.471. The lowest BCUT2D eigenvalue weighted by Gasteiger charge is -2.16. The predicted molar refractivity (Wildman–Crippen MR) is 90.8 cm³/mol. The van der Waals surface area contributed by atoms with Crippen molar-refractivity contribution in [1.29, 1.82) is 0 Å². The number of hydrogen-bond donors (Lipinski definition) is 4. The van der Waals surface area contributed by atoms with E-state index in [9.17, 15) is 20.1 Å². The minimum Gasteiger partial charge on any atom is -0.394 e. The summed E-state index contributed by atoms with van der Waals surface area (Å²) < 4.78 is 8.31. The third kappa shape index (κ3) is 2.37. The largest absolute Gasteiger partial charge is 0.394 e. The van der Waals surface area contributed by atoms with Gasteiger partial charge in [-0.3, -0.25) is 9.36 Å². The average molecular weight is 363 g/mol. The van der Waals surface area contributed by atoms with Crippen LogP contribution in [-0.4, -0.2) is 64.2 Å². The maximum Gasteiger partial charge on any atom is 0.287 e. The number of nitrogens with zero attached hydrogens (tertiary/aromatic N) is 4. The fourth-order valence-corrected chi connectivity index (χ4v) is 3.15. The maximum absolute atomic E-state index is 12.8. The van der Waals surface area contributed by atoms with Gasteiger partial charge in [0, 0.05) is 17.3 Å². The van der Waals surface area contributed by atoms with Crippen LogP contribution in [0.4, 0.5) is 0 Å². The number of ether oxygens (including phenoxy) is 1. The van der Waals surface area contributed by atoms with E-state index in [0.29, 0.717) is 5.78 Å². The molecule has 4 rings (SSSR count). The molecule has 1 saturated heterocycles. The van der Waals surface area contributed by atoms with Gasteiger partial charge in [-0.05, 0) is 0 Å². The summed E-state index contributed by atoms with van der Waals surface area (Å²) in [6, 6.07) is 0. The second-order valence-corrected chi connectivity index (χ2v) is 7.58. The van der Waals surface area contributed by atoms with Gasteiger partial charge in [-0.1, -0.05) is 20.8 Å². The van der Waals surface area contributed by atoms with Crippen molar-refractivity contribution in [1.82, 2.24) is 23.9 Å². The molecule has 0 unspecified atom stereocenters. The smallest absolute Gasteiger partial charge is 0.287 e. The lowest BCUT2D eigenvalue weighted by atomic mass is 9.93. The van der Waals surface area contributed by atoms with E-state index < -0.39 is 31.1 Å². The van der Waals surface area contributed by atoms with Gasteiger partial charge in [-0.15, -0.1) is 0 Å². The molecule has 0 aliphatic carbocycles. The van der Waals surface area contributed by atoms with Crippen molar-refractivity contribution in [2.45, 2.75) is 50.7 Å². The van der Waals surface area contributed by atoms with Crippen LogP contribution >= 0.6 is 0 Å². The van der Waals surface area contributed by atoms with Crippen LogP contribution in [0.2, 0.25) is 0 Å². The molecule has 0 saturated carbocycles. The van der Waals surface area contributed by atoms with E-state index >= 15 is 0 Å². The number of nitrogens with one attached hydrogen (secondary N) is 1. The van der Waals surface area contributed by atoms with Gasteiger partial charge in [-0.25, -0.2) is 9.38 Å². The zero-order chi connectivity index (χ0) is 18.8. The number of H-pyrrole nitrogens is 1. The van der Waals surface area contributed by atoms with Gasteiger partial charge in [0.1, 0.15) is 18.3 Å². The highest BCUT2D eigenvalue weighted by molar-refractivity contribution is 5.72. The normalized spacial score (nSPS) is 27.0. The Morgan fingerprint density at radius 3 is 2.65 bits per heavy atom. The minimum atomic E-state index is -1.28. The average Bonchev–Trinajstić information content (AvgIpc) is 3.25. The van der Waals surface area contributed by atoms with Crippen molar-refractivity contribution in [3.05, 3.63) is 28.6 Å². The Bertz CT molecular complexity index is 1030. The summed E-state index contributed by atoms with van der Waals surface area (Å²) >= 11 is 0. The van der Waals surface area contributed by atoms with Gasteiger partial charge < -0.3 is 25.0 Å². The van der Waals surface area contributed by atoms with Crippen molar-refractivity contribution < 1.29 is 20.1 Å². The van der Waals surface area contributed by atoms with Crippen molar-refractivity contribution in [3.63, 3.8) is 0 Å². The highest BCUT2D eigenvalue weighted by atomic mass is 16.6. The van der Waals surface area contributed by atoms with Crippen LogP contribution in [0.1, 0.15) is 32.7 Å². The zero-order valence-electron chi connectivity index (χ0n) is 14.6. The van der Waals surface area contributed by atoms with Crippen molar-refractivity contribution in [2.24, 2.45) is 0 Å². The first-order chi connectivity index (χ1) is 12.2. The molecule has 1 aliphatic rings. The van der Waals surface area contributed by atoms with Gasteiger partial charge in [-0.2, -0.15) is 4.98 Å². The molecular weight excluding hydrogens is 342 g/mol. The first-order valence-electron chi connectivity index (χ1n) is 8.33. The third-order valence-corrected chi connectivity index (χ3v) is 4.73. The topological polar surface area (TPSA) is 138 Å². The molecule has 0 aromatic carbocycles. The summed E-state index contributed by atoms with van der Waals surface area (Å²) in [7, 11) is 0. The maximum atomic E-state index is 12.8. The molecular formula is C16H21N5O5. The summed E-state index contributed by atoms with van der Waals surface area (Å²) in [6.45, 7) is 5.60. The number of aliphatic hydroxyl groups is 3. The van der Waals surface area contributed by atoms with Crippen molar-refractivity contribution in [2.75, 3.05) is 6.61 Å². The Labute approximate surface area is 147 Å². The molecule has 10 nitrogen and oxygen atoms in total. The van der Waals surface area contributed by atoms with Gasteiger partial charge in [0.25, 0.3) is 5.56 Å². The molecule has 26 heavy (non-hydrogen) atoms. The molecule has 10 heteroatoms. The molecule has 1 fully saturated rings. The number of hydrogen-bond acceptors (Lipinski definition) is 7. The number of fused-ring (bicyclic) bond motifs is 2. The molecule has 140 valence electrons. The Balaban J connectivity index is 1.88. The van der Waals surface area contributed by atoms with Crippen LogP contribution < -0.4 is 5.56 Å². The molecule has 4 heterocycles. The van der Waals surface area contributed by atoms with Crippen molar-refractivity contribution in [3.8, 4) is 0 Å². The summed E-state index contributed by atoms with van der Waals surface area (Å²) in [5, 5.41) is 29.4. The van der Waals surface area contributed by atoms with Crippen LogP contribution in [0.25, 0.3) is 16.9 Å². The van der Waals surface area contributed by atoms with Crippen LogP contribution in [-0.2, 0) is 10.2 Å². The fourth-order valence-electron chi connectivity index (χ4n) is 3.15. The standard InChI is InChI=1S/C16H21N5O5/c1-16(2,3)8-4-20-13(25)9-12(19-15(20)18-8)21(6-17-9)14-11(24)10(23)7(5-22)26-14/h4,6-7,10-11,14,22-24H,5H2,1-3H3,(H,18,19)/t7-,10-,11-,14-/m1/s1. The van der Waals surface area contributed by atoms with Crippen LogP contribution in [0.5, 0.6) is 0 Å². The molecule has 3 aromatic heterocycles. The summed E-state index contributed by atoms with van der Waals surface area (Å²) in [5.41, 5.74) is 0.653. The molecule has 0 amide bonds. The van der Waals surface area contributed by atoms with Crippen LogP contribution in [0.3, 0.4) is 0 Å². The molecule has 0 spiro atoms. The third-order valence-electron chi connectivity index (χ3n) is 4.73. The Kier molecular flexibility index (Phi) is 3.70. The summed E-state index contributed by atoms with van der Waals surface area (Å²) in [4.78, 5) is 24.5. The molecule has 0 bridgehead atoms. The van der Waals surface area contributed by atoms with Crippen LogP contribution in [0.15, 0.2) is 17.3 Å². The minimum absolute atomic E-state index is 0.125. The first-order valence-corrected chi connectivity index (χ1v) is 8.33. The Hall–Kier alpha value is -2.27. The van der Waals surface area contributed by atoms with E-state index in [4.69, 9.17) is 4.74 Å². The van der Waals surface area contributed by atoms with Gasteiger partial charge >= 0.3 is 0 Å². The lowest BCUT2D eigenvalue weighted by molar-refractivity contribution is -0.0511. The molecule has 3 aromatic rings. The van der Waals surface area contributed by atoms with E-state index in [1.54, 1.807) is 6.20 Å². The monoisotopic (exact) mass is 363 g/mol. The lowest BCUT2D eigenvalue weighted by Crippen LogP contribution is -2.33. The molecule has 4 N–H and O–H groups in total. The number of imidazole rings is 2. The number of aliphatic hydroxyl groups excluding tert-OH is 3. The highest BCUT2D eigenvalue weighted by Crippen LogP contribution is 2.31. The SMILES string of the molecule is CC(C)(C)c1cn2c(=O)c3ncn([C@@H]4O[C@H](CO)[C@@H](O)[C@H]4O)c3nc2[nH]1. The molecule has 0 radical (unpaired) electrons. The predicted octanol–water partition coefficient (Wildman–Crippen LogP) is -0.719. The van der Waals surface area contributed by atoms with Crippen molar-refractivity contribution >= 4 is 16.9 Å². The molecule has 1 aliphatic heterocycles. The fraction of sp³-hybridized carbons (Fsp3) is 0.562. The summed E-state index contributed by atoms with van der Waals surface area (Å²) in [5.74, 6) is 0.348. The van der Waals surface area contributed by atoms with Crippen LogP contribution in [0, 0.1) is 0 Å². The second-order valence-electron chi connectivity index (χ2n) is 7.58.